The number of aromatic carboxylic acids is 1. The number of benzene rings is 1. The minimum atomic E-state index is -1.37. The van der Waals surface area contributed by atoms with Crippen LogP contribution in [-0.2, 0) is 6.54 Å². The molecule has 1 atom stereocenters. The molecule has 0 aliphatic carbocycles. The lowest BCUT2D eigenvalue weighted by molar-refractivity contribution is 0.0682. The van der Waals surface area contributed by atoms with Crippen LogP contribution in [0.5, 0.6) is 11.5 Å². The zero-order valence-electron chi connectivity index (χ0n) is 8.27. The largest absolute Gasteiger partial charge is 0.504 e. The number of β-amino-alcohol motifs (C(OH)–C–C–N with tert-alkyl or cyclic N) is 1. The molecule has 1 heterocycles. The van der Waals surface area contributed by atoms with Gasteiger partial charge in [0.1, 0.15) is 5.56 Å². The first-order chi connectivity index (χ1) is 7.52. The lowest BCUT2D eigenvalue weighted by atomic mass is 9.92. The zero-order valence-corrected chi connectivity index (χ0v) is 8.27. The van der Waals surface area contributed by atoms with Gasteiger partial charge in [-0.15, -0.1) is 0 Å². The van der Waals surface area contributed by atoms with Crippen LogP contribution >= 0.6 is 0 Å². The molecule has 2 rings (SSSR count). The SMILES string of the molecule is O=C(O)c1c(O)c(O)cc2c1C(O)CNC2. The first-order valence-electron chi connectivity index (χ1n) is 4.72. The predicted molar refractivity (Wildman–Crippen MR) is 53.4 cm³/mol. The quantitative estimate of drug-likeness (QED) is 0.428. The van der Waals surface area contributed by atoms with Gasteiger partial charge in [-0.25, -0.2) is 4.79 Å². The number of aromatic hydroxyl groups is 2. The standard InChI is InChI=1S/C10H11NO5/c12-5-1-4-2-11-3-6(13)7(4)8(9(5)14)10(15)16/h1,6,11-14H,2-3H2,(H,15,16). The molecule has 1 unspecified atom stereocenters. The highest BCUT2D eigenvalue weighted by atomic mass is 16.4. The van der Waals surface area contributed by atoms with Crippen LogP contribution < -0.4 is 5.32 Å². The number of nitrogens with one attached hydrogen (secondary N) is 1. The molecular formula is C10H11NO5. The number of phenolic OH excluding ortho intramolecular Hbond substituents is 1. The molecule has 1 aromatic carbocycles. The normalized spacial score (nSPS) is 19.2. The van der Waals surface area contributed by atoms with E-state index in [0.29, 0.717) is 12.1 Å². The summed E-state index contributed by atoms with van der Waals surface area (Å²) in [5.74, 6) is -2.56. The van der Waals surface area contributed by atoms with Crippen LogP contribution in [0.3, 0.4) is 0 Å². The van der Waals surface area contributed by atoms with Gasteiger partial charge in [-0.2, -0.15) is 0 Å². The molecule has 0 bridgehead atoms. The zero-order chi connectivity index (χ0) is 11.9. The highest BCUT2D eigenvalue weighted by Gasteiger charge is 2.29. The van der Waals surface area contributed by atoms with Gasteiger partial charge in [-0.3, -0.25) is 0 Å². The lowest BCUT2D eigenvalue weighted by Gasteiger charge is -2.24. The second-order valence-corrected chi connectivity index (χ2v) is 3.64. The van der Waals surface area contributed by atoms with Gasteiger partial charge in [0.15, 0.2) is 11.5 Å². The molecule has 0 spiro atoms. The summed E-state index contributed by atoms with van der Waals surface area (Å²) in [5.41, 5.74) is 0.219. The molecule has 86 valence electrons. The van der Waals surface area contributed by atoms with Gasteiger partial charge < -0.3 is 25.7 Å². The molecule has 0 aromatic heterocycles. The minimum Gasteiger partial charge on any atom is -0.504 e. The van der Waals surface area contributed by atoms with E-state index in [1.165, 1.54) is 6.07 Å². The average molecular weight is 225 g/mol. The molecule has 1 aliphatic rings. The van der Waals surface area contributed by atoms with Crippen LogP contribution in [0.4, 0.5) is 0 Å². The van der Waals surface area contributed by atoms with Crippen LogP contribution in [0, 0.1) is 0 Å². The third-order valence-corrected chi connectivity index (χ3v) is 2.61. The maximum Gasteiger partial charge on any atom is 0.340 e. The number of aliphatic hydroxyl groups excluding tert-OH is 1. The van der Waals surface area contributed by atoms with Crippen molar-refractivity contribution in [2.45, 2.75) is 12.6 Å². The molecular weight excluding hydrogens is 214 g/mol. The Hall–Kier alpha value is -1.79. The third kappa shape index (κ3) is 1.48. The molecule has 0 fully saturated rings. The molecule has 6 nitrogen and oxygen atoms in total. The second kappa shape index (κ2) is 3.66. The van der Waals surface area contributed by atoms with E-state index < -0.39 is 29.1 Å². The van der Waals surface area contributed by atoms with E-state index in [1.54, 1.807) is 0 Å². The van der Waals surface area contributed by atoms with Crippen LogP contribution in [-0.4, -0.2) is 32.9 Å². The topological polar surface area (TPSA) is 110 Å². The minimum absolute atomic E-state index is 0.168. The van der Waals surface area contributed by atoms with Crippen molar-refractivity contribution in [3.05, 3.63) is 22.8 Å². The summed E-state index contributed by atoms with van der Waals surface area (Å²) in [4.78, 5) is 11.0. The molecule has 1 aliphatic heterocycles. The molecule has 6 heteroatoms. The van der Waals surface area contributed by atoms with E-state index in [0.717, 1.165) is 0 Å². The Bertz CT molecular complexity index is 457. The third-order valence-electron chi connectivity index (χ3n) is 2.61. The summed E-state index contributed by atoms with van der Waals surface area (Å²) in [7, 11) is 0. The molecule has 0 radical (unpaired) electrons. The van der Waals surface area contributed by atoms with Crippen LogP contribution in [0.15, 0.2) is 6.07 Å². The lowest BCUT2D eigenvalue weighted by Crippen LogP contribution is -2.29. The summed E-state index contributed by atoms with van der Waals surface area (Å²) in [6.07, 6.45) is -0.999. The number of hydrogen-bond donors (Lipinski definition) is 5. The summed E-state index contributed by atoms with van der Waals surface area (Å²) < 4.78 is 0. The van der Waals surface area contributed by atoms with Crippen LogP contribution in [0.2, 0.25) is 0 Å². The Labute approximate surface area is 90.8 Å². The first kappa shape index (κ1) is 10.7. The van der Waals surface area contributed by atoms with E-state index in [4.69, 9.17) is 5.11 Å². The summed E-state index contributed by atoms with van der Waals surface area (Å²) >= 11 is 0. The van der Waals surface area contributed by atoms with Gasteiger partial charge in [0, 0.05) is 18.7 Å². The molecule has 0 saturated heterocycles. The molecule has 16 heavy (non-hydrogen) atoms. The molecule has 0 amide bonds. The second-order valence-electron chi connectivity index (χ2n) is 3.64. The number of fused-ring (bicyclic) bond motifs is 1. The van der Waals surface area contributed by atoms with Gasteiger partial charge >= 0.3 is 5.97 Å². The van der Waals surface area contributed by atoms with E-state index >= 15 is 0 Å². The highest BCUT2D eigenvalue weighted by molar-refractivity contribution is 5.94. The fourth-order valence-electron chi connectivity index (χ4n) is 1.92. The Kier molecular flexibility index (Phi) is 2.45. The maximum absolute atomic E-state index is 11.0. The van der Waals surface area contributed by atoms with Gasteiger partial charge in [-0.1, -0.05) is 0 Å². The van der Waals surface area contributed by atoms with Crippen molar-refractivity contribution in [1.82, 2.24) is 5.32 Å². The predicted octanol–water partition coefficient (Wildman–Crippen LogP) is -0.0674. The number of carboxylic acid groups (broad SMARTS) is 1. The van der Waals surface area contributed by atoms with Crippen molar-refractivity contribution in [3.8, 4) is 11.5 Å². The highest BCUT2D eigenvalue weighted by Crippen LogP contribution is 2.38. The number of aliphatic hydroxyl groups is 1. The van der Waals surface area contributed by atoms with Crippen molar-refractivity contribution in [2.24, 2.45) is 0 Å². The van der Waals surface area contributed by atoms with Crippen molar-refractivity contribution in [1.29, 1.82) is 0 Å². The number of phenols is 2. The van der Waals surface area contributed by atoms with Gasteiger partial charge in [-0.05, 0) is 11.6 Å². The number of carbonyl (C=O) groups is 1. The fraction of sp³-hybridized carbons (Fsp3) is 0.300. The van der Waals surface area contributed by atoms with Crippen molar-refractivity contribution >= 4 is 5.97 Å². The Morgan fingerprint density at radius 1 is 1.44 bits per heavy atom. The van der Waals surface area contributed by atoms with Crippen LogP contribution in [0.1, 0.15) is 27.6 Å². The number of carboxylic acids is 1. The molecule has 5 N–H and O–H groups in total. The Morgan fingerprint density at radius 2 is 2.12 bits per heavy atom. The average Bonchev–Trinajstić information content (AvgIpc) is 2.20. The van der Waals surface area contributed by atoms with Crippen molar-refractivity contribution in [2.75, 3.05) is 6.54 Å². The van der Waals surface area contributed by atoms with Gasteiger partial charge in [0.05, 0.1) is 6.10 Å². The van der Waals surface area contributed by atoms with Gasteiger partial charge in [0.2, 0.25) is 0 Å². The number of rotatable bonds is 1. The number of hydrogen-bond acceptors (Lipinski definition) is 5. The van der Waals surface area contributed by atoms with E-state index in [9.17, 15) is 20.1 Å². The Morgan fingerprint density at radius 3 is 2.75 bits per heavy atom. The Balaban J connectivity index is 2.73. The summed E-state index contributed by atoms with van der Waals surface area (Å²) in [5, 5.41) is 40.4. The molecule has 1 aromatic rings. The van der Waals surface area contributed by atoms with E-state index in [-0.39, 0.29) is 12.1 Å². The smallest absolute Gasteiger partial charge is 0.340 e. The van der Waals surface area contributed by atoms with Crippen molar-refractivity contribution < 1.29 is 25.2 Å². The van der Waals surface area contributed by atoms with Crippen LogP contribution in [0.25, 0.3) is 0 Å². The van der Waals surface area contributed by atoms with E-state index in [1.807, 2.05) is 0 Å². The van der Waals surface area contributed by atoms with Gasteiger partial charge in [0.25, 0.3) is 0 Å². The van der Waals surface area contributed by atoms with E-state index in [2.05, 4.69) is 5.32 Å². The van der Waals surface area contributed by atoms with Crippen molar-refractivity contribution in [3.63, 3.8) is 0 Å². The summed E-state index contributed by atoms with van der Waals surface area (Å²) in [6, 6.07) is 1.26. The molecule has 0 saturated carbocycles. The monoisotopic (exact) mass is 225 g/mol. The first-order valence-corrected chi connectivity index (χ1v) is 4.72. The summed E-state index contributed by atoms with van der Waals surface area (Å²) in [6.45, 7) is 0.567. The fourth-order valence-corrected chi connectivity index (χ4v) is 1.92. The maximum atomic E-state index is 11.0.